The molecule has 27 heavy (non-hydrogen) atoms. The van der Waals surface area contributed by atoms with Gasteiger partial charge in [-0.25, -0.2) is 4.98 Å². The molecule has 138 valence electrons. The van der Waals surface area contributed by atoms with Crippen molar-refractivity contribution in [2.75, 3.05) is 16.8 Å². The van der Waals surface area contributed by atoms with Gasteiger partial charge in [-0.15, -0.1) is 0 Å². The summed E-state index contributed by atoms with van der Waals surface area (Å²) in [6.45, 7) is 3.95. The van der Waals surface area contributed by atoms with Crippen molar-refractivity contribution in [3.05, 3.63) is 70.0 Å². The van der Waals surface area contributed by atoms with Crippen LogP contribution in [0.5, 0.6) is 0 Å². The minimum absolute atomic E-state index is 0.112. The van der Waals surface area contributed by atoms with Gasteiger partial charge in [-0.1, -0.05) is 54.2 Å². The molecule has 0 aliphatic rings. The largest absolute Gasteiger partial charge is 0.383 e. The molecule has 0 radical (unpaired) electrons. The molecule has 2 aromatic carbocycles. The van der Waals surface area contributed by atoms with Crippen molar-refractivity contribution in [2.24, 2.45) is 0 Å². The summed E-state index contributed by atoms with van der Waals surface area (Å²) in [6, 6.07) is 14.9. The Hall–Kier alpha value is -3.06. The number of aryl methyl sites for hydroxylation is 1. The second-order valence-corrected chi connectivity index (χ2v) is 7.05. The normalized spacial score (nSPS) is 10.6. The van der Waals surface area contributed by atoms with Crippen LogP contribution in [-0.4, -0.2) is 21.6 Å². The standard InChI is InChI=1S/C20H20N4O2S/c1-12-7-6-10-15(13(12)2)22-16(25)11-27-20-23-18(21)17(19(26)24-20)14-8-4-3-5-9-14/h3-10H,11H2,1-2H3,(H,22,25)(H3,21,23,24,26). The molecule has 4 N–H and O–H groups in total. The average molecular weight is 380 g/mol. The molecule has 0 saturated heterocycles. The van der Waals surface area contributed by atoms with E-state index in [4.69, 9.17) is 5.73 Å². The Balaban J connectivity index is 1.71. The van der Waals surface area contributed by atoms with Gasteiger partial charge in [0.1, 0.15) is 5.82 Å². The maximum atomic E-state index is 12.4. The Labute approximate surface area is 161 Å². The van der Waals surface area contributed by atoms with E-state index in [1.54, 1.807) is 12.1 Å². The van der Waals surface area contributed by atoms with Gasteiger partial charge in [-0.3, -0.25) is 9.59 Å². The molecule has 1 amide bonds. The van der Waals surface area contributed by atoms with Crippen LogP contribution in [0.2, 0.25) is 0 Å². The highest BCUT2D eigenvalue weighted by Crippen LogP contribution is 2.23. The van der Waals surface area contributed by atoms with E-state index in [0.717, 1.165) is 28.6 Å². The maximum Gasteiger partial charge on any atom is 0.261 e. The van der Waals surface area contributed by atoms with Gasteiger partial charge in [-0.2, -0.15) is 0 Å². The summed E-state index contributed by atoms with van der Waals surface area (Å²) in [4.78, 5) is 31.5. The monoisotopic (exact) mass is 380 g/mol. The first-order valence-corrected chi connectivity index (χ1v) is 9.38. The second-order valence-electron chi connectivity index (χ2n) is 6.08. The van der Waals surface area contributed by atoms with Gasteiger partial charge < -0.3 is 16.0 Å². The SMILES string of the molecule is Cc1cccc(NC(=O)CSc2nc(N)c(-c3ccccc3)c(=O)[nH]2)c1C. The summed E-state index contributed by atoms with van der Waals surface area (Å²) >= 11 is 1.13. The quantitative estimate of drug-likeness (QED) is 0.465. The number of nitrogens with zero attached hydrogens (tertiary/aromatic N) is 1. The summed E-state index contributed by atoms with van der Waals surface area (Å²) in [5.74, 6) is 0.0740. The molecule has 0 unspecified atom stereocenters. The summed E-state index contributed by atoms with van der Waals surface area (Å²) in [6.07, 6.45) is 0. The highest BCUT2D eigenvalue weighted by atomic mass is 32.2. The first kappa shape index (κ1) is 18.7. The number of H-pyrrole nitrogens is 1. The molecule has 0 saturated carbocycles. The number of carbonyl (C=O) groups excluding carboxylic acids is 1. The van der Waals surface area contributed by atoms with E-state index in [2.05, 4.69) is 15.3 Å². The number of hydrogen-bond acceptors (Lipinski definition) is 5. The van der Waals surface area contributed by atoms with Crippen LogP contribution in [0.15, 0.2) is 58.5 Å². The maximum absolute atomic E-state index is 12.4. The number of nitrogen functional groups attached to an aromatic ring is 1. The Morgan fingerprint density at radius 2 is 1.89 bits per heavy atom. The number of hydrogen-bond donors (Lipinski definition) is 3. The molecule has 0 spiro atoms. The molecule has 6 nitrogen and oxygen atoms in total. The van der Waals surface area contributed by atoms with E-state index in [-0.39, 0.29) is 23.0 Å². The fraction of sp³-hybridized carbons (Fsp3) is 0.150. The number of nitrogens with two attached hydrogens (primary N) is 1. The molecule has 7 heteroatoms. The molecular formula is C20H20N4O2S. The molecule has 0 fully saturated rings. The third kappa shape index (κ3) is 4.38. The highest BCUT2D eigenvalue weighted by Gasteiger charge is 2.13. The lowest BCUT2D eigenvalue weighted by atomic mass is 10.1. The van der Waals surface area contributed by atoms with E-state index in [1.807, 2.05) is 50.2 Å². The van der Waals surface area contributed by atoms with Crippen molar-refractivity contribution in [3.8, 4) is 11.1 Å². The number of aromatic nitrogens is 2. The van der Waals surface area contributed by atoms with Gasteiger partial charge in [0.15, 0.2) is 5.16 Å². The molecule has 0 aliphatic heterocycles. The molecule has 1 heterocycles. The Bertz CT molecular complexity index is 1030. The summed E-state index contributed by atoms with van der Waals surface area (Å²) in [5.41, 5.74) is 9.60. The molecule has 3 aromatic rings. The molecule has 1 aromatic heterocycles. The lowest BCUT2D eigenvalue weighted by Crippen LogP contribution is -2.18. The fourth-order valence-electron chi connectivity index (χ4n) is 2.63. The van der Waals surface area contributed by atoms with Crippen LogP contribution in [0.4, 0.5) is 11.5 Å². The van der Waals surface area contributed by atoms with Gasteiger partial charge in [0, 0.05) is 5.69 Å². The molecule has 3 rings (SSSR count). The molecular weight excluding hydrogens is 360 g/mol. The van der Waals surface area contributed by atoms with E-state index in [1.165, 1.54) is 0 Å². The number of anilines is 2. The molecule has 0 bridgehead atoms. The fourth-order valence-corrected chi connectivity index (χ4v) is 3.30. The van der Waals surface area contributed by atoms with E-state index >= 15 is 0 Å². The van der Waals surface area contributed by atoms with Crippen molar-refractivity contribution >= 4 is 29.2 Å². The van der Waals surface area contributed by atoms with Crippen LogP contribution in [-0.2, 0) is 4.79 Å². The summed E-state index contributed by atoms with van der Waals surface area (Å²) in [5, 5.41) is 3.19. The third-order valence-corrected chi connectivity index (χ3v) is 5.08. The van der Waals surface area contributed by atoms with Crippen molar-refractivity contribution in [2.45, 2.75) is 19.0 Å². The number of carbonyl (C=O) groups is 1. The summed E-state index contributed by atoms with van der Waals surface area (Å²) < 4.78 is 0. The van der Waals surface area contributed by atoms with Gasteiger partial charge in [0.2, 0.25) is 5.91 Å². The Morgan fingerprint density at radius 3 is 2.59 bits per heavy atom. The third-order valence-electron chi connectivity index (χ3n) is 4.21. The van der Waals surface area contributed by atoms with Crippen LogP contribution < -0.4 is 16.6 Å². The predicted octanol–water partition coefficient (Wildman–Crippen LogP) is 3.37. The van der Waals surface area contributed by atoms with Crippen LogP contribution in [0.3, 0.4) is 0 Å². The lowest BCUT2D eigenvalue weighted by molar-refractivity contribution is -0.113. The Kier molecular flexibility index (Phi) is 5.61. The highest BCUT2D eigenvalue weighted by molar-refractivity contribution is 7.99. The zero-order chi connectivity index (χ0) is 19.4. The van der Waals surface area contributed by atoms with Crippen molar-refractivity contribution in [3.63, 3.8) is 0 Å². The average Bonchev–Trinajstić information content (AvgIpc) is 2.64. The number of rotatable bonds is 5. The van der Waals surface area contributed by atoms with E-state index < -0.39 is 0 Å². The number of thioether (sulfide) groups is 1. The van der Waals surface area contributed by atoms with Crippen LogP contribution in [0.1, 0.15) is 11.1 Å². The van der Waals surface area contributed by atoms with Crippen molar-refractivity contribution < 1.29 is 4.79 Å². The van der Waals surface area contributed by atoms with Gasteiger partial charge in [0.25, 0.3) is 5.56 Å². The first-order chi connectivity index (χ1) is 13.0. The summed E-state index contributed by atoms with van der Waals surface area (Å²) in [7, 11) is 0. The number of amides is 1. The van der Waals surface area contributed by atoms with Crippen molar-refractivity contribution in [1.82, 2.24) is 9.97 Å². The van der Waals surface area contributed by atoms with Gasteiger partial charge in [-0.05, 0) is 36.6 Å². The minimum Gasteiger partial charge on any atom is -0.383 e. The minimum atomic E-state index is -0.328. The van der Waals surface area contributed by atoms with Gasteiger partial charge >= 0.3 is 0 Å². The smallest absolute Gasteiger partial charge is 0.261 e. The van der Waals surface area contributed by atoms with E-state index in [9.17, 15) is 9.59 Å². The van der Waals surface area contributed by atoms with Crippen LogP contribution in [0, 0.1) is 13.8 Å². The molecule has 0 atom stereocenters. The first-order valence-electron chi connectivity index (χ1n) is 8.40. The lowest BCUT2D eigenvalue weighted by Gasteiger charge is -2.10. The topological polar surface area (TPSA) is 101 Å². The number of benzene rings is 2. The van der Waals surface area contributed by atoms with Crippen molar-refractivity contribution in [1.29, 1.82) is 0 Å². The number of nitrogens with one attached hydrogen (secondary N) is 2. The Morgan fingerprint density at radius 1 is 1.15 bits per heavy atom. The van der Waals surface area contributed by atoms with Gasteiger partial charge in [0.05, 0.1) is 11.3 Å². The van der Waals surface area contributed by atoms with Crippen LogP contribution in [0.25, 0.3) is 11.1 Å². The zero-order valence-electron chi connectivity index (χ0n) is 15.1. The van der Waals surface area contributed by atoms with Crippen LogP contribution >= 0.6 is 11.8 Å². The van der Waals surface area contributed by atoms with E-state index in [0.29, 0.717) is 16.3 Å². The predicted molar refractivity (Wildman–Crippen MR) is 110 cm³/mol. The number of aromatic amines is 1. The second kappa shape index (κ2) is 8.09. The zero-order valence-corrected chi connectivity index (χ0v) is 15.9. The molecule has 0 aliphatic carbocycles.